The molecular weight excluding hydrogens is 274 g/mol. The minimum absolute atomic E-state index is 0.364. The van der Waals surface area contributed by atoms with Gasteiger partial charge in [-0.2, -0.15) is 5.26 Å². The number of benzene rings is 1. The summed E-state index contributed by atoms with van der Waals surface area (Å²) in [6, 6.07) is 10.7. The number of carboxylic acid groups (broad SMARTS) is 1. The fraction of sp³-hybridized carbons (Fsp3) is 0.0667. The van der Waals surface area contributed by atoms with Gasteiger partial charge in [-0.3, -0.25) is 0 Å². The number of thiophene rings is 1. The molecule has 0 aliphatic rings. The Morgan fingerprint density at radius 3 is 2.75 bits per heavy atom. The van der Waals surface area contributed by atoms with Crippen molar-refractivity contribution in [2.75, 3.05) is 0 Å². The van der Waals surface area contributed by atoms with Crippen molar-refractivity contribution >= 4 is 23.4 Å². The first-order valence-electron chi connectivity index (χ1n) is 5.79. The van der Waals surface area contributed by atoms with E-state index in [-0.39, 0.29) is 0 Å². The van der Waals surface area contributed by atoms with Crippen LogP contribution in [-0.4, -0.2) is 11.1 Å². The van der Waals surface area contributed by atoms with Crippen molar-refractivity contribution in [3.8, 4) is 11.8 Å². The van der Waals surface area contributed by atoms with Crippen molar-refractivity contribution in [1.29, 1.82) is 5.26 Å². The molecule has 0 saturated heterocycles. The normalized spacial score (nSPS) is 10.3. The Balaban J connectivity index is 2.02. The molecule has 20 heavy (non-hydrogen) atoms. The molecule has 0 amide bonds. The van der Waals surface area contributed by atoms with Crippen molar-refractivity contribution < 1.29 is 14.6 Å². The summed E-state index contributed by atoms with van der Waals surface area (Å²) in [5.74, 6) is -0.305. The molecule has 1 N–H and O–H groups in total. The number of aliphatic carboxylic acids is 1. The molecule has 0 aliphatic carbocycles. The Morgan fingerprint density at radius 2 is 2.10 bits per heavy atom. The van der Waals surface area contributed by atoms with Gasteiger partial charge in [-0.1, -0.05) is 0 Å². The molecule has 0 bridgehead atoms. The van der Waals surface area contributed by atoms with E-state index in [1.54, 1.807) is 30.3 Å². The third kappa shape index (κ3) is 3.70. The van der Waals surface area contributed by atoms with Gasteiger partial charge in [-0.25, -0.2) is 4.79 Å². The van der Waals surface area contributed by atoms with Crippen molar-refractivity contribution in [2.45, 2.75) is 6.61 Å². The number of carboxylic acids is 1. The maximum absolute atomic E-state index is 10.5. The summed E-state index contributed by atoms with van der Waals surface area (Å²) in [7, 11) is 0. The number of hydrogen-bond acceptors (Lipinski definition) is 4. The highest BCUT2D eigenvalue weighted by Crippen LogP contribution is 2.21. The van der Waals surface area contributed by atoms with Crippen LogP contribution >= 0.6 is 11.3 Å². The highest BCUT2D eigenvalue weighted by molar-refractivity contribution is 7.10. The second-order valence-electron chi connectivity index (χ2n) is 3.90. The van der Waals surface area contributed by atoms with Gasteiger partial charge in [0.1, 0.15) is 12.4 Å². The van der Waals surface area contributed by atoms with E-state index >= 15 is 0 Å². The van der Waals surface area contributed by atoms with Crippen LogP contribution in [0.2, 0.25) is 0 Å². The minimum atomic E-state index is -0.977. The van der Waals surface area contributed by atoms with Crippen LogP contribution in [0.15, 0.2) is 41.8 Å². The van der Waals surface area contributed by atoms with E-state index in [1.807, 2.05) is 17.5 Å². The Bertz CT molecular complexity index is 665. The van der Waals surface area contributed by atoms with Crippen LogP contribution in [0.4, 0.5) is 0 Å². The number of hydrogen-bond donors (Lipinski definition) is 1. The Hall–Kier alpha value is -2.58. The molecule has 0 unspecified atom stereocenters. The molecule has 0 saturated carbocycles. The number of carbonyl (C=O) groups is 1. The molecule has 0 aliphatic heterocycles. The van der Waals surface area contributed by atoms with E-state index in [0.717, 1.165) is 16.5 Å². The molecule has 1 aromatic carbocycles. The van der Waals surface area contributed by atoms with Crippen LogP contribution in [0.1, 0.15) is 16.0 Å². The lowest BCUT2D eigenvalue weighted by molar-refractivity contribution is -0.131. The van der Waals surface area contributed by atoms with Gasteiger partial charge in [0.15, 0.2) is 0 Å². The van der Waals surface area contributed by atoms with Crippen LogP contribution in [-0.2, 0) is 11.4 Å². The highest BCUT2D eigenvalue weighted by atomic mass is 32.1. The van der Waals surface area contributed by atoms with Gasteiger partial charge in [-0.15, -0.1) is 11.3 Å². The van der Waals surface area contributed by atoms with Gasteiger partial charge >= 0.3 is 5.97 Å². The van der Waals surface area contributed by atoms with Crippen molar-refractivity contribution in [1.82, 2.24) is 0 Å². The molecule has 1 heterocycles. The molecule has 100 valence electrons. The molecule has 0 spiro atoms. The number of nitrogens with zero attached hydrogens (tertiary/aromatic N) is 1. The van der Waals surface area contributed by atoms with E-state index in [0.29, 0.717) is 17.9 Å². The van der Waals surface area contributed by atoms with Gasteiger partial charge in [0.05, 0.1) is 11.6 Å². The average molecular weight is 285 g/mol. The second-order valence-corrected chi connectivity index (χ2v) is 4.90. The Labute approximate surface area is 120 Å². The number of ether oxygens (including phenoxy) is 1. The van der Waals surface area contributed by atoms with Crippen molar-refractivity contribution in [3.05, 3.63) is 57.8 Å². The Kier molecular flexibility index (Phi) is 4.53. The lowest BCUT2D eigenvalue weighted by Crippen LogP contribution is -1.95. The monoisotopic (exact) mass is 285 g/mol. The summed E-state index contributed by atoms with van der Waals surface area (Å²) in [5, 5.41) is 19.2. The summed E-state index contributed by atoms with van der Waals surface area (Å²) in [4.78, 5) is 11.5. The van der Waals surface area contributed by atoms with Crippen molar-refractivity contribution in [3.63, 3.8) is 0 Å². The van der Waals surface area contributed by atoms with E-state index in [9.17, 15) is 4.79 Å². The third-order valence-corrected chi connectivity index (χ3v) is 3.45. The summed E-state index contributed by atoms with van der Waals surface area (Å²) in [5.41, 5.74) is 1.42. The fourth-order valence-corrected chi connectivity index (χ4v) is 2.33. The quantitative estimate of drug-likeness (QED) is 0.856. The lowest BCUT2D eigenvalue weighted by Gasteiger charge is -2.05. The van der Waals surface area contributed by atoms with Crippen LogP contribution in [0.25, 0.3) is 6.08 Å². The van der Waals surface area contributed by atoms with Gasteiger partial charge in [0, 0.05) is 11.0 Å². The zero-order valence-corrected chi connectivity index (χ0v) is 11.3. The van der Waals surface area contributed by atoms with Gasteiger partial charge in [-0.05, 0) is 47.4 Å². The summed E-state index contributed by atoms with van der Waals surface area (Å²) in [6.07, 6.45) is 2.66. The Morgan fingerprint density at radius 1 is 1.35 bits per heavy atom. The standard InChI is InChI=1S/C15H11NO3S/c16-9-11-1-4-13(5-2-11)19-10-14-12(7-8-20-14)3-6-15(17)18/h1-8H,10H2,(H,17,18). The smallest absolute Gasteiger partial charge is 0.328 e. The van der Waals surface area contributed by atoms with Crippen LogP contribution in [0.3, 0.4) is 0 Å². The first kappa shape index (κ1) is 13.8. The van der Waals surface area contributed by atoms with E-state index < -0.39 is 5.97 Å². The lowest BCUT2D eigenvalue weighted by atomic mass is 10.2. The average Bonchev–Trinajstić information content (AvgIpc) is 2.91. The molecule has 0 atom stereocenters. The molecular formula is C15H11NO3S. The highest BCUT2D eigenvalue weighted by Gasteiger charge is 2.03. The van der Waals surface area contributed by atoms with E-state index in [1.165, 1.54) is 11.3 Å². The first-order valence-corrected chi connectivity index (χ1v) is 6.67. The minimum Gasteiger partial charge on any atom is -0.488 e. The van der Waals surface area contributed by atoms with Crippen molar-refractivity contribution in [2.24, 2.45) is 0 Å². The SMILES string of the molecule is N#Cc1ccc(OCc2sccc2C=CC(=O)O)cc1. The number of rotatable bonds is 5. The predicted octanol–water partition coefficient (Wildman–Crippen LogP) is 3.30. The molecule has 2 aromatic rings. The number of nitriles is 1. The second kappa shape index (κ2) is 6.55. The van der Waals surface area contributed by atoms with Gasteiger partial charge in [0.2, 0.25) is 0 Å². The zero-order valence-electron chi connectivity index (χ0n) is 10.4. The molecule has 5 heteroatoms. The molecule has 4 nitrogen and oxygen atoms in total. The van der Waals surface area contributed by atoms with Crippen LogP contribution < -0.4 is 4.74 Å². The van der Waals surface area contributed by atoms with E-state index in [4.69, 9.17) is 15.1 Å². The van der Waals surface area contributed by atoms with E-state index in [2.05, 4.69) is 0 Å². The van der Waals surface area contributed by atoms with Crippen LogP contribution in [0, 0.1) is 11.3 Å². The third-order valence-electron chi connectivity index (χ3n) is 2.54. The largest absolute Gasteiger partial charge is 0.488 e. The topological polar surface area (TPSA) is 70.3 Å². The fourth-order valence-electron chi connectivity index (χ4n) is 1.55. The first-order chi connectivity index (χ1) is 9.69. The summed E-state index contributed by atoms with van der Waals surface area (Å²) >= 11 is 1.51. The van der Waals surface area contributed by atoms with Gasteiger partial charge in [0.25, 0.3) is 0 Å². The van der Waals surface area contributed by atoms with Gasteiger partial charge < -0.3 is 9.84 Å². The molecule has 0 fully saturated rings. The van der Waals surface area contributed by atoms with Crippen LogP contribution in [0.5, 0.6) is 5.75 Å². The maximum atomic E-state index is 10.5. The summed E-state index contributed by atoms with van der Waals surface area (Å²) in [6.45, 7) is 0.364. The maximum Gasteiger partial charge on any atom is 0.328 e. The summed E-state index contributed by atoms with van der Waals surface area (Å²) < 4.78 is 5.62. The predicted molar refractivity (Wildman–Crippen MR) is 76.5 cm³/mol. The molecule has 1 aromatic heterocycles. The zero-order chi connectivity index (χ0) is 14.4. The molecule has 0 radical (unpaired) electrons. The molecule has 2 rings (SSSR count).